The lowest BCUT2D eigenvalue weighted by atomic mass is 10.2. The molecule has 0 radical (unpaired) electrons. The van der Waals surface area contributed by atoms with E-state index in [1.807, 2.05) is 0 Å². The van der Waals surface area contributed by atoms with Crippen LogP contribution in [0.2, 0.25) is 5.02 Å². The van der Waals surface area contributed by atoms with Crippen molar-refractivity contribution >= 4 is 23.4 Å². The molecule has 0 saturated heterocycles. The van der Waals surface area contributed by atoms with Gasteiger partial charge in [-0.1, -0.05) is 17.7 Å². The molecule has 0 aliphatic heterocycles. The molecule has 1 rings (SSSR count). The van der Waals surface area contributed by atoms with Crippen LogP contribution in [-0.4, -0.2) is 33.8 Å². The Hall–Kier alpha value is -0.260. The van der Waals surface area contributed by atoms with Crippen LogP contribution in [0.4, 0.5) is 0 Å². The maximum absolute atomic E-state index is 9.16. The van der Waals surface area contributed by atoms with Crippen LogP contribution in [0.25, 0.3) is 0 Å². The zero-order valence-corrected chi connectivity index (χ0v) is 9.63. The van der Waals surface area contributed by atoms with E-state index < -0.39 is 6.10 Å². The smallest absolute Gasteiger partial charge is 0.0864 e. The quantitative estimate of drug-likeness (QED) is 0.687. The van der Waals surface area contributed by atoms with Gasteiger partial charge in [-0.25, -0.2) is 0 Å². The van der Waals surface area contributed by atoms with E-state index in [1.54, 1.807) is 18.2 Å². The van der Waals surface area contributed by atoms with Crippen molar-refractivity contribution in [1.29, 1.82) is 0 Å². The Morgan fingerprint density at radius 3 is 2.60 bits per heavy atom. The van der Waals surface area contributed by atoms with E-state index in [-0.39, 0.29) is 13.2 Å². The molecule has 0 fully saturated rings. The first kappa shape index (κ1) is 12.8. The van der Waals surface area contributed by atoms with Gasteiger partial charge in [0.2, 0.25) is 0 Å². The van der Waals surface area contributed by atoms with Gasteiger partial charge >= 0.3 is 0 Å². The van der Waals surface area contributed by atoms with Crippen molar-refractivity contribution in [3.8, 4) is 0 Å². The average molecular weight is 249 g/mol. The zero-order valence-electron chi connectivity index (χ0n) is 8.06. The van der Waals surface area contributed by atoms with Crippen molar-refractivity contribution in [3.63, 3.8) is 0 Å². The second-order valence-corrected chi connectivity index (χ2v) is 4.54. The fourth-order valence-electron chi connectivity index (χ4n) is 0.998. The van der Waals surface area contributed by atoms with Crippen LogP contribution in [0.15, 0.2) is 23.1 Å². The van der Waals surface area contributed by atoms with Gasteiger partial charge in [0, 0.05) is 10.6 Å². The fraction of sp³-hybridized carbons (Fsp3) is 0.400. The van der Waals surface area contributed by atoms with E-state index in [9.17, 15) is 0 Å². The van der Waals surface area contributed by atoms with Crippen LogP contribution in [0.5, 0.6) is 0 Å². The van der Waals surface area contributed by atoms with Gasteiger partial charge in [-0.3, -0.25) is 0 Å². The number of aliphatic hydroxyl groups is 3. The molecule has 3 nitrogen and oxygen atoms in total. The largest absolute Gasteiger partial charge is 0.394 e. The lowest BCUT2D eigenvalue weighted by molar-refractivity contribution is 0.113. The zero-order chi connectivity index (χ0) is 11.3. The van der Waals surface area contributed by atoms with Gasteiger partial charge in [0.05, 0.1) is 24.3 Å². The van der Waals surface area contributed by atoms with E-state index in [1.165, 1.54) is 11.8 Å². The standard InChI is InChI=1S/C10H13ClO3S/c11-9-3-7(4-12)1-2-10(9)15-6-8(14)5-13/h1-3,8,12-14H,4-6H2. The van der Waals surface area contributed by atoms with Crippen LogP contribution >= 0.6 is 23.4 Å². The molecule has 1 unspecified atom stereocenters. The predicted octanol–water partition coefficient (Wildman–Crippen LogP) is 1.28. The van der Waals surface area contributed by atoms with Crippen molar-refractivity contribution < 1.29 is 15.3 Å². The van der Waals surface area contributed by atoms with Crippen LogP contribution in [0, 0.1) is 0 Å². The fourth-order valence-corrected chi connectivity index (χ4v) is 2.20. The van der Waals surface area contributed by atoms with Crippen molar-refractivity contribution in [2.24, 2.45) is 0 Å². The molecule has 0 aromatic heterocycles. The summed E-state index contributed by atoms with van der Waals surface area (Å²) < 4.78 is 0. The Morgan fingerprint density at radius 2 is 2.07 bits per heavy atom. The Kier molecular flexibility index (Phi) is 5.42. The molecular weight excluding hydrogens is 236 g/mol. The molecule has 3 N–H and O–H groups in total. The third-order valence-corrected chi connectivity index (χ3v) is 3.46. The van der Waals surface area contributed by atoms with Crippen LogP contribution in [0.3, 0.4) is 0 Å². The number of rotatable bonds is 5. The second kappa shape index (κ2) is 6.35. The summed E-state index contributed by atoms with van der Waals surface area (Å²) in [6, 6.07) is 5.26. The number of aliphatic hydroxyl groups excluding tert-OH is 3. The molecule has 15 heavy (non-hydrogen) atoms. The van der Waals surface area contributed by atoms with E-state index in [4.69, 9.17) is 26.9 Å². The van der Waals surface area contributed by atoms with Gasteiger partial charge in [0.25, 0.3) is 0 Å². The molecule has 0 aliphatic carbocycles. The van der Waals surface area contributed by atoms with Crippen LogP contribution in [-0.2, 0) is 6.61 Å². The highest BCUT2D eigenvalue weighted by Gasteiger charge is 2.06. The monoisotopic (exact) mass is 248 g/mol. The Bertz CT molecular complexity index is 320. The lowest BCUT2D eigenvalue weighted by Crippen LogP contribution is -2.14. The molecular formula is C10H13ClO3S. The summed E-state index contributed by atoms with van der Waals surface area (Å²) in [5, 5.41) is 27.2. The minimum absolute atomic E-state index is 0.0378. The molecule has 0 amide bonds. The SMILES string of the molecule is OCc1ccc(SCC(O)CO)c(Cl)c1. The molecule has 1 aromatic carbocycles. The number of halogens is 1. The third-order valence-electron chi connectivity index (χ3n) is 1.82. The van der Waals surface area contributed by atoms with E-state index in [0.717, 1.165) is 10.5 Å². The third kappa shape index (κ3) is 4.01. The first-order valence-electron chi connectivity index (χ1n) is 4.48. The number of hydrogen-bond acceptors (Lipinski definition) is 4. The van der Waals surface area contributed by atoms with Crippen LogP contribution in [0.1, 0.15) is 5.56 Å². The number of benzene rings is 1. The number of thioether (sulfide) groups is 1. The van der Waals surface area contributed by atoms with Crippen molar-refractivity contribution in [2.45, 2.75) is 17.6 Å². The molecule has 0 spiro atoms. The molecule has 0 bridgehead atoms. The molecule has 0 saturated carbocycles. The first-order valence-corrected chi connectivity index (χ1v) is 5.84. The van der Waals surface area contributed by atoms with Crippen molar-refractivity contribution in [2.75, 3.05) is 12.4 Å². The number of hydrogen-bond donors (Lipinski definition) is 3. The molecule has 0 heterocycles. The predicted molar refractivity (Wildman–Crippen MR) is 61.2 cm³/mol. The highest BCUT2D eigenvalue weighted by Crippen LogP contribution is 2.28. The maximum atomic E-state index is 9.16. The molecule has 1 aromatic rings. The van der Waals surface area contributed by atoms with E-state index in [0.29, 0.717) is 10.8 Å². The summed E-state index contributed by atoms with van der Waals surface area (Å²) in [6.45, 7) is -0.288. The van der Waals surface area contributed by atoms with Crippen molar-refractivity contribution in [1.82, 2.24) is 0 Å². The molecule has 84 valence electrons. The molecule has 0 aliphatic rings. The van der Waals surface area contributed by atoms with Crippen LogP contribution < -0.4 is 0 Å². The second-order valence-electron chi connectivity index (χ2n) is 3.07. The normalized spacial score (nSPS) is 12.8. The Balaban J connectivity index is 2.62. The summed E-state index contributed by atoms with van der Waals surface area (Å²) in [5.41, 5.74) is 0.757. The summed E-state index contributed by atoms with van der Waals surface area (Å²) in [5.74, 6) is 0.398. The van der Waals surface area contributed by atoms with E-state index in [2.05, 4.69) is 0 Å². The van der Waals surface area contributed by atoms with Gasteiger partial charge in [0.1, 0.15) is 0 Å². The van der Waals surface area contributed by atoms with Gasteiger partial charge < -0.3 is 15.3 Å². The topological polar surface area (TPSA) is 60.7 Å². The van der Waals surface area contributed by atoms with Gasteiger partial charge in [-0.15, -0.1) is 11.8 Å². The van der Waals surface area contributed by atoms with Crippen molar-refractivity contribution in [3.05, 3.63) is 28.8 Å². The Morgan fingerprint density at radius 1 is 1.33 bits per heavy atom. The molecule has 5 heteroatoms. The van der Waals surface area contributed by atoms with Gasteiger partial charge in [0.15, 0.2) is 0 Å². The van der Waals surface area contributed by atoms with Gasteiger partial charge in [-0.2, -0.15) is 0 Å². The van der Waals surface area contributed by atoms with Gasteiger partial charge in [-0.05, 0) is 17.7 Å². The maximum Gasteiger partial charge on any atom is 0.0864 e. The minimum atomic E-state index is -0.733. The van der Waals surface area contributed by atoms with E-state index >= 15 is 0 Å². The highest BCUT2D eigenvalue weighted by molar-refractivity contribution is 7.99. The lowest BCUT2D eigenvalue weighted by Gasteiger charge is -2.08. The summed E-state index contributed by atoms with van der Waals surface area (Å²) in [7, 11) is 0. The summed E-state index contributed by atoms with van der Waals surface area (Å²) >= 11 is 7.33. The Labute approximate surface area is 97.7 Å². The minimum Gasteiger partial charge on any atom is -0.394 e. The molecule has 1 atom stereocenters. The first-order chi connectivity index (χ1) is 7.17. The summed E-state index contributed by atoms with van der Waals surface area (Å²) in [4.78, 5) is 0.835. The highest BCUT2D eigenvalue weighted by atomic mass is 35.5. The summed E-state index contributed by atoms with van der Waals surface area (Å²) in [6.07, 6.45) is -0.733. The average Bonchev–Trinajstić information content (AvgIpc) is 2.26.